The summed E-state index contributed by atoms with van der Waals surface area (Å²) >= 11 is 0. The predicted molar refractivity (Wildman–Crippen MR) is 115 cm³/mol. The zero-order chi connectivity index (χ0) is 18.0. The quantitative estimate of drug-likeness (QED) is 0.323. The minimum Gasteiger partial charge on any atom is -0.354 e. The summed E-state index contributed by atoms with van der Waals surface area (Å²) in [6, 6.07) is 27.9. The van der Waals surface area contributed by atoms with Crippen LogP contribution in [0.5, 0.6) is 0 Å². The van der Waals surface area contributed by atoms with E-state index >= 15 is 0 Å². The van der Waals surface area contributed by atoms with E-state index < -0.39 is 0 Å². The van der Waals surface area contributed by atoms with Crippen LogP contribution in [0, 0.1) is 6.92 Å². The van der Waals surface area contributed by atoms with Crippen LogP contribution in [0.4, 0.5) is 0 Å². The molecule has 0 aliphatic heterocycles. The molecule has 0 spiro atoms. The van der Waals surface area contributed by atoms with Crippen LogP contribution >= 0.6 is 0 Å². The van der Waals surface area contributed by atoms with E-state index in [9.17, 15) is 0 Å². The first-order valence-electron chi connectivity index (χ1n) is 9.32. The SMILES string of the molecule is Cc1c2c([nH]c3ccccc32)c(-c2ccccc2)c2[nH]c3ccccc3c12. The molecule has 2 heterocycles. The van der Waals surface area contributed by atoms with Gasteiger partial charge in [0.1, 0.15) is 0 Å². The normalized spacial score (nSPS) is 11.9. The Labute approximate surface area is 156 Å². The first kappa shape index (κ1) is 14.6. The molecular formula is C25H18N2. The summed E-state index contributed by atoms with van der Waals surface area (Å²) in [5, 5.41) is 5.21. The van der Waals surface area contributed by atoms with Crippen molar-refractivity contribution in [3.05, 3.63) is 84.4 Å². The molecular weight excluding hydrogens is 328 g/mol. The maximum absolute atomic E-state index is 3.70. The van der Waals surface area contributed by atoms with E-state index in [-0.39, 0.29) is 0 Å². The highest BCUT2D eigenvalue weighted by atomic mass is 14.7. The third-order valence-electron chi connectivity index (χ3n) is 5.72. The fourth-order valence-electron chi connectivity index (χ4n) is 4.58. The summed E-state index contributed by atoms with van der Waals surface area (Å²) in [6.45, 7) is 2.25. The highest BCUT2D eigenvalue weighted by molar-refractivity contribution is 6.26. The van der Waals surface area contributed by atoms with Gasteiger partial charge in [-0.25, -0.2) is 0 Å². The summed E-state index contributed by atoms with van der Waals surface area (Å²) in [6.07, 6.45) is 0. The van der Waals surface area contributed by atoms with Crippen LogP contribution in [0.25, 0.3) is 54.7 Å². The van der Waals surface area contributed by atoms with Crippen LogP contribution in [-0.2, 0) is 0 Å². The van der Waals surface area contributed by atoms with Crippen molar-refractivity contribution in [1.82, 2.24) is 9.97 Å². The number of aromatic amines is 2. The Morgan fingerprint density at radius 1 is 0.556 bits per heavy atom. The number of hydrogen-bond donors (Lipinski definition) is 2. The molecule has 0 saturated heterocycles. The molecule has 0 aliphatic carbocycles. The number of fused-ring (bicyclic) bond motifs is 6. The molecule has 6 aromatic rings. The summed E-state index contributed by atoms with van der Waals surface area (Å²) in [5.41, 5.74) is 8.59. The first-order valence-corrected chi connectivity index (χ1v) is 9.32. The number of para-hydroxylation sites is 2. The van der Waals surface area contributed by atoms with Crippen LogP contribution in [-0.4, -0.2) is 9.97 Å². The van der Waals surface area contributed by atoms with Crippen LogP contribution in [0.3, 0.4) is 0 Å². The molecule has 0 bridgehead atoms. The van der Waals surface area contributed by atoms with Gasteiger partial charge in [0.2, 0.25) is 0 Å². The van der Waals surface area contributed by atoms with Gasteiger partial charge in [-0.2, -0.15) is 0 Å². The van der Waals surface area contributed by atoms with E-state index in [1.807, 2.05) is 0 Å². The van der Waals surface area contributed by atoms with Gasteiger partial charge in [0.25, 0.3) is 0 Å². The van der Waals surface area contributed by atoms with Crippen molar-refractivity contribution in [3.63, 3.8) is 0 Å². The topological polar surface area (TPSA) is 31.6 Å². The standard InChI is InChI=1S/C25H18N2/c1-15-21-17-11-5-7-13-19(17)26-24(21)23(16-9-3-2-4-10-16)25-22(15)18-12-6-8-14-20(18)27-25/h2-14,26-27H,1H3. The second kappa shape index (κ2) is 5.24. The molecule has 4 aromatic carbocycles. The smallest absolute Gasteiger partial charge is 0.0568 e. The summed E-state index contributed by atoms with van der Waals surface area (Å²) in [7, 11) is 0. The number of benzene rings is 4. The van der Waals surface area contributed by atoms with Crippen molar-refractivity contribution in [3.8, 4) is 11.1 Å². The monoisotopic (exact) mass is 346 g/mol. The highest BCUT2D eigenvalue weighted by Crippen LogP contribution is 2.43. The lowest BCUT2D eigenvalue weighted by atomic mass is 9.94. The molecule has 128 valence electrons. The minimum absolute atomic E-state index is 1.18. The zero-order valence-corrected chi connectivity index (χ0v) is 15.0. The van der Waals surface area contributed by atoms with Crippen LogP contribution in [0.1, 0.15) is 5.56 Å². The molecule has 0 saturated carbocycles. The third-order valence-corrected chi connectivity index (χ3v) is 5.72. The van der Waals surface area contributed by atoms with Gasteiger partial charge in [0, 0.05) is 38.1 Å². The number of rotatable bonds is 1. The molecule has 2 N–H and O–H groups in total. The van der Waals surface area contributed by atoms with Gasteiger partial charge in [-0.15, -0.1) is 0 Å². The van der Waals surface area contributed by atoms with E-state index in [0.29, 0.717) is 0 Å². The molecule has 0 radical (unpaired) electrons. The Morgan fingerprint density at radius 2 is 1.04 bits per heavy atom. The van der Waals surface area contributed by atoms with Crippen molar-refractivity contribution >= 4 is 43.6 Å². The van der Waals surface area contributed by atoms with E-state index in [4.69, 9.17) is 0 Å². The first-order chi connectivity index (χ1) is 13.3. The summed E-state index contributed by atoms with van der Waals surface area (Å²) < 4.78 is 0. The van der Waals surface area contributed by atoms with Crippen LogP contribution in [0.15, 0.2) is 78.9 Å². The van der Waals surface area contributed by atoms with Crippen molar-refractivity contribution in [2.75, 3.05) is 0 Å². The van der Waals surface area contributed by atoms with Gasteiger partial charge < -0.3 is 9.97 Å². The average Bonchev–Trinajstić information content (AvgIpc) is 3.28. The summed E-state index contributed by atoms with van der Waals surface area (Å²) in [5.74, 6) is 0. The van der Waals surface area contributed by atoms with Gasteiger partial charge >= 0.3 is 0 Å². The Bertz CT molecular complexity index is 1370. The summed E-state index contributed by atoms with van der Waals surface area (Å²) in [4.78, 5) is 7.40. The molecule has 0 aliphatic rings. The third kappa shape index (κ3) is 1.90. The predicted octanol–water partition coefficient (Wildman–Crippen LogP) is 6.93. The van der Waals surface area contributed by atoms with E-state index in [2.05, 4.69) is 95.8 Å². The lowest BCUT2D eigenvalue weighted by Gasteiger charge is -2.10. The van der Waals surface area contributed by atoms with Gasteiger partial charge in [-0.05, 0) is 30.2 Å². The molecule has 2 aromatic heterocycles. The average molecular weight is 346 g/mol. The lowest BCUT2D eigenvalue weighted by Crippen LogP contribution is -1.87. The second-order valence-corrected chi connectivity index (χ2v) is 7.21. The van der Waals surface area contributed by atoms with Gasteiger partial charge in [0.15, 0.2) is 0 Å². The maximum atomic E-state index is 3.70. The van der Waals surface area contributed by atoms with Crippen LogP contribution in [0.2, 0.25) is 0 Å². The van der Waals surface area contributed by atoms with Gasteiger partial charge in [-0.1, -0.05) is 66.7 Å². The van der Waals surface area contributed by atoms with Crippen LogP contribution < -0.4 is 0 Å². The Hall–Kier alpha value is -3.52. The number of aromatic nitrogens is 2. The van der Waals surface area contributed by atoms with E-state index in [1.165, 1.54) is 60.3 Å². The highest BCUT2D eigenvalue weighted by Gasteiger charge is 2.20. The number of aryl methyl sites for hydroxylation is 1. The zero-order valence-electron chi connectivity index (χ0n) is 15.0. The molecule has 2 nitrogen and oxygen atoms in total. The molecule has 0 atom stereocenters. The van der Waals surface area contributed by atoms with Crippen molar-refractivity contribution in [2.45, 2.75) is 6.92 Å². The Morgan fingerprint density at radius 3 is 1.59 bits per heavy atom. The van der Waals surface area contributed by atoms with E-state index in [0.717, 1.165) is 0 Å². The molecule has 0 amide bonds. The molecule has 27 heavy (non-hydrogen) atoms. The molecule has 2 heteroatoms. The van der Waals surface area contributed by atoms with E-state index in [1.54, 1.807) is 0 Å². The van der Waals surface area contributed by atoms with Gasteiger partial charge in [0.05, 0.1) is 11.0 Å². The molecule has 6 rings (SSSR count). The maximum Gasteiger partial charge on any atom is 0.0568 e. The van der Waals surface area contributed by atoms with Gasteiger partial charge in [-0.3, -0.25) is 0 Å². The van der Waals surface area contributed by atoms with Crippen molar-refractivity contribution < 1.29 is 0 Å². The van der Waals surface area contributed by atoms with Crippen molar-refractivity contribution in [1.29, 1.82) is 0 Å². The van der Waals surface area contributed by atoms with Crippen molar-refractivity contribution in [2.24, 2.45) is 0 Å². The fourth-order valence-corrected chi connectivity index (χ4v) is 4.58. The molecule has 0 fully saturated rings. The Kier molecular flexibility index (Phi) is 2.84. The largest absolute Gasteiger partial charge is 0.354 e. The number of nitrogens with one attached hydrogen (secondary N) is 2. The lowest BCUT2D eigenvalue weighted by molar-refractivity contribution is 1.50. The number of hydrogen-bond acceptors (Lipinski definition) is 0. The Balaban J connectivity index is 1.96. The number of H-pyrrole nitrogens is 2. The fraction of sp³-hybridized carbons (Fsp3) is 0.0400. The minimum atomic E-state index is 1.18. The molecule has 0 unspecified atom stereocenters. The second-order valence-electron chi connectivity index (χ2n) is 7.21.